The maximum absolute atomic E-state index is 12.4. The summed E-state index contributed by atoms with van der Waals surface area (Å²) < 4.78 is 2.00. The predicted molar refractivity (Wildman–Crippen MR) is 88.8 cm³/mol. The van der Waals surface area contributed by atoms with Crippen LogP contribution in [-0.2, 0) is 17.8 Å². The third-order valence-electron chi connectivity index (χ3n) is 4.29. The van der Waals surface area contributed by atoms with Crippen molar-refractivity contribution in [3.05, 3.63) is 17.0 Å². The van der Waals surface area contributed by atoms with Gasteiger partial charge in [0.15, 0.2) is 0 Å². The monoisotopic (exact) mass is 309 g/mol. The normalized spacial score (nSPS) is 14.2. The summed E-state index contributed by atoms with van der Waals surface area (Å²) in [5.74, 6) is 0.515. The lowest BCUT2D eigenvalue weighted by Gasteiger charge is -2.29. The number of hydrogen-bond acceptors (Lipinski definition) is 3. The van der Waals surface area contributed by atoms with Crippen LogP contribution in [0.2, 0.25) is 0 Å². The number of nitrogens with zero attached hydrogens (tertiary/aromatic N) is 2. The first kappa shape index (κ1) is 18.7. The molecule has 1 aromatic heterocycles. The van der Waals surface area contributed by atoms with Crippen LogP contribution in [0.1, 0.15) is 57.5 Å². The molecule has 5 nitrogen and oxygen atoms in total. The van der Waals surface area contributed by atoms with Gasteiger partial charge in [-0.1, -0.05) is 20.8 Å². The largest absolute Gasteiger partial charge is 0.396 e. The molecule has 0 bridgehead atoms. The van der Waals surface area contributed by atoms with Gasteiger partial charge in [0.2, 0.25) is 5.91 Å². The van der Waals surface area contributed by atoms with Gasteiger partial charge in [-0.05, 0) is 39.5 Å². The third-order valence-corrected chi connectivity index (χ3v) is 4.29. The van der Waals surface area contributed by atoms with Gasteiger partial charge in [0.05, 0.1) is 12.1 Å². The molecule has 0 saturated carbocycles. The van der Waals surface area contributed by atoms with Crippen LogP contribution in [0.25, 0.3) is 0 Å². The van der Waals surface area contributed by atoms with E-state index in [0.717, 1.165) is 29.9 Å². The van der Waals surface area contributed by atoms with E-state index in [1.807, 2.05) is 32.4 Å². The van der Waals surface area contributed by atoms with E-state index >= 15 is 0 Å². The average molecular weight is 309 g/mol. The van der Waals surface area contributed by atoms with Crippen LogP contribution < -0.4 is 5.32 Å². The van der Waals surface area contributed by atoms with Crippen LogP contribution in [0.3, 0.4) is 0 Å². The van der Waals surface area contributed by atoms with E-state index < -0.39 is 0 Å². The fourth-order valence-electron chi connectivity index (χ4n) is 2.63. The summed E-state index contributed by atoms with van der Waals surface area (Å²) in [5.41, 5.74) is 2.66. The SMILES string of the molecule is CCC(C)(CCO)NC(=O)Cc1c(C)nn(CC(C)C)c1C. The van der Waals surface area contributed by atoms with Crippen molar-refractivity contribution in [1.82, 2.24) is 15.1 Å². The fourth-order valence-corrected chi connectivity index (χ4v) is 2.63. The van der Waals surface area contributed by atoms with Crippen molar-refractivity contribution in [2.75, 3.05) is 6.61 Å². The molecule has 22 heavy (non-hydrogen) atoms. The smallest absolute Gasteiger partial charge is 0.224 e. The highest BCUT2D eigenvalue weighted by molar-refractivity contribution is 5.79. The number of carbonyl (C=O) groups is 1. The lowest BCUT2D eigenvalue weighted by atomic mass is 9.94. The Morgan fingerprint density at radius 3 is 2.55 bits per heavy atom. The second kappa shape index (κ2) is 7.77. The first-order valence-electron chi connectivity index (χ1n) is 8.17. The molecule has 0 saturated heterocycles. The Morgan fingerprint density at radius 2 is 2.05 bits per heavy atom. The number of rotatable bonds is 8. The van der Waals surface area contributed by atoms with E-state index in [1.165, 1.54) is 0 Å². The lowest BCUT2D eigenvalue weighted by Crippen LogP contribution is -2.46. The molecule has 0 aromatic carbocycles. The zero-order valence-electron chi connectivity index (χ0n) is 14.9. The number of carbonyl (C=O) groups excluding carboxylic acids is 1. The van der Waals surface area contributed by atoms with Gasteiger partial charge in [0.1, 0.15) is 0 Å². The summed E-state index contributed by atoms with van der Waals surface area (Å²) in [6.45, 7) is 13.2. The number of nitrogens with one attached hydrogen (secondary N) is 1. The average Bonchev–Trinajstić information content (AvgIpc) is 2.66. The number of aromatic nitrogens is 2. The molecule has 1 amide bonds. The number of aryl methyl sites for hydroxylation is 1. The van der Waals surface area contributed by atoms with Gasteiger partial charge in [-0.25, -0.2) is 0 Å². The summed E-state index contributed by atoms with van der Waals surface area (Å²) in [4.78, 5) is 12.4. The molecule has 126 valence electrons. The fraction of sp³-hybridized carbons (Fsp3) is 0.765. The van der Waals surface area contributed by atoms with E-state index in [1.54, 1.807) is 0 Å². The molecule has 1 rings (SSSR count). The van der Waals surface area contributed by atoms with Crippen molar-refractivity contribution < 1.29 is 9.90 Å². The summed E-state index contributed by atoms with van der Waals surface area (Å²) >= 11 is 0. The molecule has 1 atom stereocenters. The molecule has 0 aliphatic rings. The number of amides is 1. The number of aliphatic hydroxyl groups is 1. The molecule has 0 aliphatic carbocycles. The maximum Gasteiger partial charge on any atom is 0.224 e. The molecular weight excluding hydrogens is 278 g/mol. The van der Waals surface area contributed by atoms with Gasteiger partial charge in [-0.3, -0.25) is 9.48 Å². The Hall–Kier alpha value is -1.36. The maximum atomic E-state index is 12.4. The van der Waals surface area contributed by atoms with Crippen LogP contribution >= 0.6 is 0 Å². The van der Waals surface area contributed by atoms with Crippen molar-refractivity contribution in [2.45, 2.75) is 72.9 Å². The molecule has 2 N–H and O–H groups in total. The summed E-state index contributed by atoms with van der Waals surface area (Å²) in [7, 11) is 0. The minimum absolute atomic E-state index is 0.00639. The molecule has 1 unspecified atom stereocenters. The second-order valence-corrected chi connectivity index (χ2v) is 6.84. The van der Waals surface area contributed by atoms with Crippen molar-refractivity contribution in [3.63, 3.8) is 0 Å². The first-order valence-corrected chi connectivity index (χ1v) is 8.17. The minimum atomic E-state index is -0.346. The minimum Gasteiger partial charge on any atom is -0.396 e. The standard InChI is InChI=1S/C17H31N3O2/c1-7-17(6,8-9-21)18-16(22)10-15-13(4)19-20(14(15)5)11-12(2)3/h12,21H,7-11H2,1-6H3,(H,18,22). The van der Waals surface area contributed by atoms with E-state index in [4.69, 9.17) is 5.11 Å². The zero-order valence-corrected chi connectivity index (χ0v) is 14.9. The van der Waals surface area contributed by atoms with Crippen LogP contribution in [0.4, 0.5) is 0 Å². The molecule has 0 fully saturated rings. The van der Waals surface area contributed by atoms with E-state index in [2.05, 4.69) is 24.3 Å². The van der Waals surface area contributed by atoms with Gasteiger partial charge < -0.3 is 10.4 Å². The lowest BCUT2D eigenvalue weighted by molar-refractivity contribution is -0.122. The molecule has 1 aromatic rings. The van der Waals surface area contributed by atoms with E-state index in [-0.39, 0.29) is 18.1 Å². The van der Waals surface area contributed by atoms with Gasteiger partial charge in [0, 0.05) is 29.9 Å². The van der Waals surface area contributed by atoms with Gasteiger partial charge >= 0.3 is 0 Å². The highest BCUT2D eigenvalue weighted by Gasteiger charge is 2.25. The van der Waals surface area contributed by atoms with E-state index in [0.29, 0.717) is 18.8 Å². The first-order chi connectivity index (χ1) is 10.2. The van der Waals surface area contributed by atoms with Gasteiger partial charge in [-0.2, -0.15) is 5.10 Å². The van der Waals surface area contributed by atoms with E-state index in [9.17, 15) is 4.79 Å². The Bertz CT molecular complexity index is 508. The molecule has 0 aliphatic heterocycles. The highest BCUT2D eigenvalue weighted by atomic mass is 16.3. The predicted octanol–water partition coefficient (Wildman–Crippen LogP) is 2.37. The summed E-state index contributed by atoms with van der Waals surface area (Å²) in [5, 5.41) is 16.8. The number of hydrogen-bond donors (Lipinski definition) is 2. The Balaban J connectivity index is 2.82. The second-order valence-electron chi connectivity index (χ2n) is 6.84. The van der Waals surface area contributed by atoms with Crippen molar-refractivity contribution in [1.29, 1.82) is 0 Å². The Kier molecular flexibility index (Phi) is 6.60. The summed E-state index contributed by atoms with van der Waals surface area (Å²) in [6, 6.07) is 0. The Morgan fingerprint density at radius 1 is 1.41 bits per heavy atom. The van der Waals surface area contributed by atoms with Gasteiger partial charge in [0.25, 0.3) is 0 Å². The third kappa shape index (κ3) is 4.83. The number of aliphatic hydroxyl groups excluding tert-OH is 1. The van der Waals surface area contributed by atoms with Crippen molar-refractivity contribution in [2.24, 2.45) is 5.92 Å². The molecular formula is C17H31N3O2. The molecule has 0 radical (unpaired) electrons. The summed E-state index contributed by atoms with van der Waals surface area (Å²) in [6.07, 6.45) is 1.71. The van der Waals surface area contributed by atoms with Crippen LogP contribution in [0.15, 0.2) is 0 Å². The molecule has 5 heteroatoms. The topological polar surface area (TPSA) is 67.2 Å². The van der Waals surface area contributed by atoms with Crippen molar-refractivity contribution in [3.8, 4) is 0 Å². The van der Waals surface area contributed by atoms with Crippen LogP contribution in [0, 0.1) is 19.8 Å². The zero-order chi connectivity index (χ0) is 16.9. The molecule has 0 spiro atoms. The van der Waals surface area contributed by atoms with Gasteiger partial charge in [-0.15, -0.1) is 0 Å². The molecule has 1 heterocycles. The van der Waals surface area contributed by atoms with Crippen molar-refractivity contribution >= 4 is 5.91 Å². The van der Waals surface area contributed by atoms with Crippen LogP contribution in [-0.4, -0.2) is 32.9 Å². The van der Waals surface area contributed by atoms with Crippen LogP contribution in [0.5, 0.6) is 0 Å². The quantitative estimate of drug-likeness (QED) is 0.774. The highest BCUT2D eigenvalue weighted by Crippen LogP contribution is 2.18. The Labute approximate surface area is 134 Å².